The average molecular weight is 147 g/mol. The number of esters is 1. The highest BCUT2D eigenvalue weighted by atomic mass is 16.7. The first-order chi connectivity index (χ1) is 4.70. The summed E-state index contributed by atoms with van der Waals surface area (Å²) in [6, 6.07) is 0. The molecule has 0 atom stereocenters. The van der Waals surface area contributed by atoms with Gasteiger partial charge in [-0.15, -0.1) is 0 Å². The maximum atomic E-state index is 10.4. The molecule has 0 fully saturated rings. The van der Waals surface area contributed by atoms with E-state index < -0.39 is 18.4 Å². The molecule has 0 aliphatic carbocycles. The molecule has 0 heterocycles. The van der Waals surface area contributed by atoms with Crippen LogP contribution in [0.1, 0.15) is 13.3 Å². The van der Waals surface area contributed by atoms with Crippen LogP contribution < -0.4 is 5.90 Å². The van der Waals surface area contributed by atoms with Gasteiger partial charge in [-0.25, -0.2) is 4.79 Å². The molecule has 0 aliphatic heterocycles. The molecule has 0 aliphatic rings. The Hall–Kier alpha value is -1.10. The summed E-state index contributed by atoms with van der Waals surface area (Å²) in [6.45, 7) is 1.89. The molecular weight excluding hydrogens is 138 g/mol. The fraction of sp³-hybridized carbons (Fsp3) is 0.600. The van der Waals surface area contributed by atoms with E-state index in [4.69, 9.17) is 0 Å². The third kappa shape index (κ3) is 3.85. The van der Waals surface area contributed by atoms with E-state index in [9.17, 15) is 9.59 Å². The summed E-state index contributed by atoms with van der Waals surface area (Å²) in [7, 11) is 0. The molecule has 0 unspecified atom stereocenters. The average Bonchev–Trinajstić information content (AvgIpc) is 1.88. The maximum Gasteiger partial charge on any atom is 0.335 e. The first-order valence-corrected chi connectivity index (χ1v) is 2.76. The Morgan fingerprint density at radius 3 is 2.40 bits per heavy atom. The van der Waals surface area contributed by atoms with E-state index in [2.05, 4.69) is 15.5 Å². The van der Waals surface area contributed by atoms with E-state index in [-0.39, 0.29) is 6.61 Å². The Bertz CT molecular complexity index is 134. The number of ether oxygens (including phenoxy) is 1. The standard InChI is InChI=1S/C5H9NO4/c1-2-9-4(7)3-5(8)10-6/h2-3,6H2,1H3. The van der Waals surface area contributed by atoms with E-state index >= 15 is 0 Å². The van der Waals surface area contributed by atoms with Gasteiger partial charge in [-0.2, -0.15) is 5.90 Å². The molecule has 0 rings (SSSR count). The topological polar surface area (TPSA) is 78.6 Å². The van der Waals surface area contributed by atoms with Crippen LogP contribution in [0.5, 0.6) is 0 Å². The van der Waals surface area contributed by atoms with Crippen molar-refractivity contribution in [2.24, 2.45) is 5.90 Å². The van der Waals surface area contributed by atoms with Crippen molar-refractivity contribution >= 4 is 11.9 Å². The van der Waals surface area contributed by atoms with E-state index in [1.165, 1.54) is 0 Å². The van der Waals surface area contributed by atoms with Crippen molar-refractivity contribution in [3.63, 3.8) is 0 Å². The lowest BCUT2D eigenvalue weighted by Gasteiger charge is -1.97. The summed E-state index contributed by atoms with van der Waals surface area (Å²) in [5.41, 5.74) is 0. The molecule has 5 heteroatoms. The molecule has 10 heavy (non-hydrogen) atoms. The second kappa shape index (κ2) is 4.75. The van der Waals surface area contributed by atoms with E-state index in [0.717, 1.165) is 0 Å². The van der Waals surface area contributed by atoms with Crippen LogP contribution in [0.25, 0.3) is 0 Å². The summed E-state index contributed by atoms with van der Waals surface area (Å²) < 4.78 is 4.42. The maximum absolute atomic E-state index is 10.4. The fourth-order valence-electron chi connectivity index (χ4n) is 0.372. The molecule has 0 aromatic carbocycles. The van der Waals surface area contributed by atoms with Gasteiger partial charge in [0.25, 0.3) is 0 Å². The molecule has 0 amide bonds. The minimum Gasteiger partial charge on any atom is -0.466 e. The number of carbonyl (C=O) groups excluding carboxylic acids is 2. The van der Waals surface area contributed by atoms with Crippen molar-refractivity contribution in [3.8, 4) is 0 Å². The van der Waals surface area contributed by atoms with Crippen LogP contribution in [0.15, 0.2) is 0 Å². The Morgan fingerprint density at radius 2 is 2.00 bits per heavy atom. The Morgan fingerprint density at radius 1 is 1.40 bits per heavy atom. The van der Waals surface area contributed by atoms with Crippen LogP contribution in [-0.4, -0.2) is 18.5 Å². The second-order valence-electron chi connectivity index (χ2n) is 1.47. The van der Waals surface area contributed by atoms with Crippen molar-refractivity contribution in [3.05, 3.63) is 0 Å². The van der Waals surface area contributed by atoms with Crippen LogP contribution in [0.4, 0.5) is 0 Å². The third-order valence-electron chi connectivity index (χ3n) is 0.725. The van der Waals surface area contributed by atoms with E-state index in [1.807, 2.05) is 0 Å². The van der Waals surface area contributed by atoms with Crippen molar-refractivity contribution < 1.29 is 19.2 Å². The van der Waals surface area contributed by atoms with Gasteiger partial charge in [0, 0.05) is 0 Å². The van der Waals surface area contributed by atoms with Gasteiger partial charge in [-0.05, 0) is 6.92 Å². The highest BCUT2D eigenvalue weighted by Gasteiger charge is 2.09. The summed E-state index contributed by atoms with van der Waals surface area (Å²) in [6.07, 6.45) is -0.426. The Kier molecular flexibility index (Phi) is 4.23. The van der Waals surface area contributed by atoms with Crippen LogP contribution in [0.3, 0.4) is 0 Å². The van der Waals surface area contributed by atoms with Crippen molar-refractivity contribution in [1.82, 2.24) is 0 Å². The van der Waals surface area contributed by atoms with Crippen molar-refractivity contribution in [2.45, 2.75) is 13.3 Å². The van der Waals surface area contributed by atoms with Crippen LogP contribution in [0.2, 0.25) is 0 Å². The van der Waals surface area contributed by atoms with Gasteiger partial charge >= 0.3 is 11.9 Å². The van der Waals surface area contributed by atoms with Gasteiger partial charge in [0.2, 0.25) is 0 Å². The number of nitrogens with two attached hydrogens (primary N) is 1. The molecule has 2 N–H and O–H groups in total. The molecular formula is C5H9NO4. The molecule has 58 valence electrons. The Balaban J connectivity index is 3.47. The van der Waals surface area contributed by atoms with Crippen molar-refractivity contribution in [2.75, 3.05) is 6.61 Å². The largest absolute Gasteiger partial charge is 0.466 e. The summed E-state index contributed by atoms with van der Waals surface area (Å²) in [4.78, 5) is 24.4. The van der Waals surface area contributed by atoms with Gasteiger partial charge in [0.05, 0.1) is 6.61 Å². The van der Waals surface area contributed by atoms with Crippen LogP contribution in [-0.2, 0) is 19.2 Å². The lowest BCUT2D eigenvalue weighted by molar-refractivity contribution is -0.154. The second-order valence-corrected chi connectivity index (χ2v) is 1.47. The van der Waals surface area contributed by atoms with Crippen molar-refractivity contribution in [1.29, 1.82) is 0 Å². The zero-order valence-corrected chi connectivity index (χ0v) is 5.62. The molecule has 0 saturated heterocycles. The normalized spacial score (nSPS) is 8.60. The number of carbonyl (C=O) groups is 2. The van der Waals surface area contributed by atoms with E-state index in [0.29, 0.717) is 0 Å². The predicted octanol–water partition coefficient (Wildman–Crippen LogP) is -0.643. The highest BCUT2D eigenvalue weighted by Crippen LogP contribution is 1.86. The van der Waals surface area contributed by atoms with Gasteiger partial charge in [0.15, 0.2) is 0 Å². The molecule has 0 bridgehead atoms. The van der Waals surface area contributed by atoms with Gasteiger partial charge < -0.3 is 9.57 Å². The number of rotatable bonds is 3. The van der Waals surface area contributed by atoms with Gasteiger partial charge in [-0.3, -0.25) is 4.79 Å². The highest BCUT2D eigenvalue weighted by molar-refractivity contribution is 5.90. The third-order valence-corrected chi connectivity index (χ3v) is 0.725. The zero-order chi connectivity index (χ0) is 7.98. The SMILES string of the molecule is CCOC(=O)CC(=O)ON. The first-order valence-electron chi connectivity index (χ1n) is 2.76. The zero-order valence-electron chi connectivity index (χ0n) is 5.62. The van der Waals surface area contributed by atoms with Gasteiger partial charge in [0.1, 0.15) is 6.42 Å². The lowest BCUT2D eigenvalue weighted by Crippen LogP contribution is -2.16. The van der Waals surface area contributed by atoms with Crippen LogP contribution in [0, 0.1) is 0 Å². The number of hydrogen-bond donors (Lipinski definition) is 1. The lowest BCUT2D eigenvalue weighted by atomic mass is 10.4. The smallest absolute Gasteiger partial charge is 0.335 e. The van der Waals surface area contributed by atoms with Gasteiger partial charge in [-0.1, -0.05) is 0 Å². The molecule has 0 radical (unpaired) electrons. The Labute approximate surface area is 58.0 Å². The predicted molar refractivity (Wildman–Crippen MR) is 31.5 cm³/mol. The minimum absolute atomic E-state index is 0.247. The molecule has 0 aromatic rings. The summed E-state index contributed by atoms with van der Waals surface area (Å²) >= 11 is 0. The fourth-order valence-corrected chi connectivity index (χ4v) is 0.372. The molecule has 0 aromatic heterocycles. The first kappa shape index (κ1) is 8.90. The molecule has 0 spiro atoms. The minimum atomic E-state index is -0.793. The molecule has 5 nitrogen and oxygen atoms in total. The van der Waals surface area contributed by atoms with Crippen LogP contribution >= 0.6 is 0 Å². The monoisotopic (exact) mass is 147 g/mol. The molecule has 0 saturated carbocycles. The summed E-state index contributed by atoms with van der Waals surface area (Å²) in [5, 5.41) is 0. The number of hydrogen-bond acceptors (Lipinski definition) is 5. The quantitative estimate of drug-likeness (QED) is 0.326. The summed E-state index contributed by atoms with van der Waals surface area (Å²) in [5.74, 6) is 3.04. The van der Waals surface area contributed by atoms with E-state index in [1.54, 1.807) is 6.92 Å².